The lowest BCUT2D eigenvalue weighted by Gasteiger charge is -2.11. The monoisotopic (exact) mass is 228 g/mol. The molecule has 0 aliphatic rings. The minimum atomic E-state index is -0.190. The van der Waals surface area contributed by atoms with Gasteiger partial charge in [-0.1, -0.05) is 44.2 Å². The molecule has 2 rings (SSSR count). The summed E-state index contributed by atoms with van der Waals surface area (Å²) in [5.41, 5.74) is 4.87. The van der Waals surface area contributed by atoms with Gasteiger partial charge in [-0.15, -0.1) is 0 Å². The van der Waals surface area contributed by atoms with Crippen LogP contribution in [0.4, 0.5) is 4.39 Å². The molecule has 0 spiro atoms. The smallest absolute Gasteiger partial charge is 0.123 e. The Hall–Kier alpha value is -1.63. The first kappa shape index (κ1) is 11.8. The fraction of sp³-hybridized carbons (Fsp3) is 0.250. The molecule has 0 saturated heterocycles. The molecule has 0 bridgehead atoms. The number of aryl methyl sites for hydroxylation is 1. The van der Waals surface area contributed by atoms with Crippen molar-refractivity contribution in [2.45, 2.75) is 26.7 Å². The van der Waals surface area contributed by atoms with E-state index in [2.05, 4.69) is 39.0 Å². The molecule has 0 nitrogen and oxygen atoms in total. The topological polar surface area (TPSA) is 0 Å². The number of hydrogen-bond acceptors (Lipinski definition) is 0. The zero-order valence-corrected chi connectivity index (χ0v) is 10.5. The maximum Gasteiger partial charge on any atom is 0.123 e. The van der Waals surface area contributed by atoms with Gasteiger partial charge < -0.3 is 0 Å². The van der Waals surface area contributed by atoms with E-state index in [1.165, 1.54) is 23.3 Å². The lowest BCUT2D eigenvalue weighted by atomic mass is 9.94. The van der Waals surface area contributed by atoms with Crippen molar-refractivity contribution in [2.75, 3.05) is 0 Å². The normalized spacial score (nSPS) is 10.9. The van der Waals surface area contributed by atoms with Gasteiger partial charge >= 0.3 is 0 Å². The van der Waals surface area contributed by atoms with E-state index in [0.717, 1.165) is 11.1 Å². The Labute approximate surface area is 102 Å². The van der Waals surface area contributed by atoms with Gasteiger partial charge in [0.25, 0.3) is 0 Å². The van der Waals surface area contributed by atoms with Crippen LogP contribution in [0.2, 0.25) is 0 Å². The van der Waals surface area contributed by atoms with Crippen molar-refractivity contribution >= 4 is 0 Å². The van der Waals surface area contributed by atoms with Gasteiger partial charge in [-0.25, -0.2) is 4.39 Å². The van der Waals surface area contributed by atoms with Gasteiger partial charge in [0.2, 0.25) is 0 Å². The minimum absolute atomic E-state index is 0.190. The van der Waals surface area contributed by atoms with Crippen molar-refractivity contribution in [3.63, 3.8) is 0 Å². The molecule has 0 radical (unpaired) electrons. The van der Waals surface area contributed by atoms with Crippen LogP contribution in [-0.2, 0) is 0 Å². The third kappa shape index (κ3) is 2.55. The molecule has 0 aliphatic heterocycles. The summed E-state index contributed by atoms with van der Waals surface area (Å²) in [6, 6.07) is 13.1. The fourth-order valence-electron chi connectivity index (χ4n) is 2.15. The molecular formula is C16H17F. The quantitative estimate of drug-likeness (QED) is 0.684. The average Bonchev–Trinajstić information content (AvgIpc) is 2.29. The highest BCUT2D eigenvalue weighted by Crippen LogP contribution is 2.26. The third-order valence-electron chi connectivity index (χ3n) is 3.07. The molecule has 0 N–H and O–H groups in total. The van der Waals surface area contributed by atoms with E-state index in [1.54, 1.807) is 0 Å². The first-order chi connectivity index (χ1) is 8.08. The summed E-state index contributed by atoms with van der Waals surface area (Å²) in [7, 11) is 0. The number of benzene rings is 2. The molecule has 0 heterocycles. The zero-order valence-electron chi connectivity index (χ0n) is 10.5. The zero-order chi connectivity index (χ0) is 12.4. The summed E-state index contributed by atoms with van der Waals surface area (Å²) in [5, 5.41) is 0. The van der Waals surface area contributed by atoms with E-state index in [4.69, 9.17) is 0 Å². The van der Waals surface area contributed by atoms with Crippen molar-refractivity contribution in [3.05, 3.63) is 59.4 Å². The van der Waals surface area contributed by atoms with Gasteiger partial charge in [-0.3, -0.25) is 0 Å². The van der Waals surface area contributed by atoms with E-state index in [1.807, 2.05) is 12.1 Å². The minimum Gasteiger partial charge on any atom is -0.207 e. The molecule has 2 aromatic carbocycles. The van der Waals surface area contributed by atoms with Gasteiger partial charge in [0.1, 0.15) is 5.82 Å². The van der Waals surface area contributed by atoms with Gasteiger partial charge in [0, 0.05) is 0 Å². The van der Waals surface area contributed by atoms with Crippen molar-refractivity contribution in [1.82, 2.24) is 0 Å². The molecule has 0 atom stereocenters. The van der Waals surface area contributed by atoms with Crippen LogP contribution >= 0.6 is 0 Å². The van der Waals surface area contributed by atoms with Crippen molar-refractivity contribution in [1.29, 1.82) is 0 Å². The van der Waals surface area contributed by atoms with Crippen LogP contribution in [-0.4, -0.2) is 0 Å². The molecule has 0 fully saturated rings. The Morgan fingerprint density at radius 3 is 2.00 bits per heavy atom. The van der Waals surface area contributed by atoms with E-state index in [0.29, 0.717) is 5.92 Å². The van der Waals surface area contributed by atoms with Gasteiger partial charge in [0.05, 0.1) is 0 Å². The van der Waals surface area contributed by atoms with Gasteiger partial charge in [-0.05, 0) is 47.2 Å². The number of halogens is 1. The van der Waals surface area contributed by atoms with E-state index in [9.17, 15) is 4.39 Å². The third-order valence-corrected chi connectivity index (χ3v) is 3.07. The lowest BCUT2D eigenvalue weighted by molar-refractivity contribution is 0.628. The summed E-state index contributed by atoms with van der Waals surface area (Å²) in [5.74, 6) is 0.349. The second-order valence-corrected chi connectivity index (χ2v) is 4.73. The largest absolute Gasteiger partial charge is 0.207 e. The van der Waals surface area contributed by atoms with Crippen LogP contribution in [0.15, 0.2) is 42.5 Å². The summed E-state index contributed by atoms with van der Waals surface area (Å²) in [4.78, 5) is 0. The molecule has 0 unspecified atom stereocenters. The van der Waals surface area contributed by atoms with E-state index in [-0.39, 0.29) is 5.82 Å². The highest BCUT2D eigenvalue weighted by molar-refractivity contribution is 5.64. The van der Waals surface area contributed by atoms with Gasteiger partial charge in [0.15, 0.2) is 0 Å². The predicted molar refractivity (Wildman–Crippen MR) is 70.7 cm³/mol. The molecular weight excluding hydrogens is 211 g/mol. The van der Waals surface area contributed by atoms with Crippen molar-refractivity contribution in [3.8, 4) is 11.1 Å². The second-order valence-electron chi connectivity index (χ2n) is 4.73. The molecule has 17 heavy (non-hydrogen) atoms. The fourth-order valence-corrected chi connectivity index (χ4v) is 2.15. The Kier molecular flexibility index (Phi) is 3.28. The highest BCUT2D eigenvalue weighted by atomic mass is 19.1. The predicted octanol–water partition coefficient (Wildman–Crippen LogP) is 4.92. The second kappa shape index (κ2) is 4.70. The summed E-state index contributed by atoms with van der Waals surface area (Å²) in [6.07, 6.45) is 0. The van der Waals surface area contributed by atoms with E-state index >= 15 is 0 Å². The highest BCUT2D eigenvalue weighted by Gasteiger charge is 2.05. The van der Waals surface area contributed by atoms with Gasteiger partial charge in [-0.2, -0.15) is 0 Å². The van der Waals surface area contributed by atoms with Crippen molar-refractivity contribution in [2.24, 2.45) is 0 Å². The summed E-state index contributed by atoms with van der Waals surface area (Å²) < 4.78 is 12.9. The molecule has 2 aromatic rings. The summed E-state index contributed by atoms with van der Waals surface area (Å²) in [6.45, 7) is 6.52. The number of hydrogen-bond donors (Lipinski definition) is 0. The van der Waals surface area contributed by atoms with Crippen LogP contribution in [0.25, 0.3) is 11.1 Å². The number of rotatable bonds is 2. The summed E-state index contributed by atoms with van der Waals surface area (Å²) >= 11 is 0. The van der Waals surface area contributed by atoms with Crippen LogP contribution in [0.5, 0.6) is 0 Å². The molecule has 0 aliphatic carbocycles. The van der Waals surface area contributed by atoms with E-state index < -0.39 is 0 Å². The van der Waals surface area contributed by atoms with Crippen LogP contribution in [0.1, 0.15) is 30.9 Å². The Bertz CT molecular complexity index is 510. The molecule has 1 heteroatoms. The molecule has 88 valence electrons. The Balaban J connectivity index is 2.41. The Morgan fingerprint density at radius 2 is 1.47 bits per heavy atom. The Morgan fingerprint density at radius 1 is 0.882 bits per heavy atom. The molecule has 0 aromatic heterocycles. The average molecular weight is 228 g/mol. The maximum absolute atomic E-state index is 12.9. The lowest BCUT2D eigenvalue weighted by Crippen LogP contribution is -1.92. The van der Waals surface area contributed by atoms with Crippen LogP contribution in [0.3, 0.4) is 0 Å². The first-order valence-electron chi connectivity index (χ1n) is 5.94. The van der Waals surface area contributed by atoms with Crippen molar-refractivity contribution < 1.29 is 4.39 Å². The van der Waals surface area contributed by atoms with Crippen LogP contribution < -0.4 is 0 Å². The molecule has 0 saturated carbocycles. The maximum atomic E-state index is 12.9. The first-order valence-corrected chi connectivity index (χ1v) is 5.94. The SMILES string of the molecule is Cc1cc(-c2ccc(F)cc2)ccc1C(C)C. The van der Waals surface area contributed by atoms with Crippen LogP contribution in [0, 0.1) is 12.7 Å². The standard InChI is InChI=1S/C16H17F/c1-11(2)16-9-6-14(10-12(16)3)13-4-7-15(17)8-5-13/h4-11H,1-3H3. The molecule has 0 amide bonds.